The van der Waals surface area contributed by atoms with E-state index in [1.54, 1.807) is 38.1 Å². The number of nitrogen functional groups attached to an aromatic ring is 1. The summed E-state index contributed by atoms with van der Waals surface area (Å²) >= 11 is 0. The third-order valence-corrected chi connectivity index (χ3v) is 8.91. The molecule has 12 nitrogen and oxygen atoms in total. The van der Waals surface area contributed by atoms with Crippen LogP contribution in [0.1, 0.15) is 38.4 Å². The van der Waals surface area contributed by atoms with Crippen molar-refractivity contribution in [2.75, 3.05) is 18.8 Å². The van der Waals surface area contributed by atoms with E-state index in [0.29, 0.717) is 16.7 Å². The number of piperidine rings is 1. The van der Waals surface area contributed by atoms with Crippen LogP contribution in [0, 0.1) is 5.82 Å². The van der Waals surface area contributed by atoms with E-state index in [4.69, 9.17) is 30.5 Å². The van der Waals surface area contributed by atoms with E-state index >= 15 is 0 Å². The molecular weight excluding hydrogens is 681 g/mol. The molecular formula is C28H29F7N6O6S. The zero-order valence-corrected chi connectivity index (χ0v) is 25.8. The van der Waals surface area contributed by atoms with E-state index in [9.17, 15) is 39.2 Å². The number of benzene rings is 2. The lowest BCUT2D eigenvalue weighted by Crippen LogP contribution is -2.27. The van der Waals surface area contributed by atoms with Gasteiger partial charge in [0.15, 0.2) is 0 Å². The maximum absolute atomic E-state index is 13.6. The van der Waals surface area contributed by atoms with Gasteiger partial charge in [-0.05, 0) is 76.2 Å². The summed E-state index contributed by atoms with van der Waals surface area (Å²) in [5.74, 6) is -4.75. The van der Waals surface area contributed by atoms with Crippen molar-refractivity contribution in [1.82, 2.24) is 24.2 Å². The molecule has 20 heteroatoms. The number of carboxylic acid groups (broad SMARTS) is 2. The molecule has 5 rings (SSSR count). The lowest BCUT2D eigenvalue weighted by molar-refractivity contribution is -0.193. The molecule has 262 valence electrons. The Bertz CT molecular complexity index is 1840. The number of H-pyrrole nitrogens is 1. The summed E-state index contributed by atoms with van der Waals surface area (Å²) in [6, 6.07) is 11.6. The second-order valence-corrected chi connectivity index (χ2v) is 12.9. The van der Waals surface area contributed by atoms with Crippen LogP contribution in [0.2, 0.25) is 0 Å². The number of fused-ring (bicyclic) bond motifs is 1. The molecule has 0 saturated carbocycles. The van der Waals surface area contributed by atoms with E-state index < -0.39 is 39.6 Å². The third-order valence-electron chi connectivity index (χ3n) is 6.83. The van der Waals surface area contributed by atoms with Gasteiger partial charge < -0.3 is 26.2 Å². The Labute approximate surface area is 267 Å². The molecule has 0 bridgehead atoms. The summed E-state index contributed by atoms with van der Waals surface area (Å²) in [6.45, 7) is 5.06. The second kappa shape index (κ2) is 14.6. The highest BCUT2D eigenvalue weighted by molar-refractivity contribution is 7.90. The van der Waals surface area contributed by atoms with E-state index in [0.717, 1.165) is 52.5 Å². The minimum absolute atomic E-state index is 0.0722. The van der Waals surface area contributed by atoms with Crippen molar-refractivity contribution >= 4 is 38.9 Å². The van der Waals surface area contributed by atoms with Gasteiger partial charge >= 0.3 is 24.3 Å². The average Bonchev–Trinajstić information content (AvgIpc) is 3.58. The number of imidazole rings is 2. The molecule has 0 unspecified atom stereocenters. The SMILES string of the molecule is CC(C)S(=O)(=O)n1c(N)nc2ccc(-c3nc(C4CCNCC4)[nH]c3-c3ccc(F)cc3)cc21.O=C(O)C(F)(F)F.O=C(O)C(F)(F)F. The number of carbonyl (C=O) groups is 2. The zero-order valence-electron chi connectivity index (χ0n) is 25.0. The van der Waals surface area contributed by atoms with E-state index in [2.05, 4.69) is 15.3 Å². The number of nitrogens with zero attached hydrogens (tertiary/aromatic N) is 3. The summed E-state index contributed by atoms with van der Waals surface area (Å²) in [5.41, 5.74) is 9.87. The number of alkyl halides is 6. The molecule has 6 N–H and O–H groups in total. The van der Waals surface area contributed by atoms with Crippen LogP contribution in [-0.2, 0) is 19.6 Å². The van der Waals surface area contributed by atoms with Crippen molar-refractivity contribution in [3.63, 3.8) is 0 Å². The van der Waals surface area contributed by atoms with Gasteiger partial charge in [0.05, 0.1) is 27.7 Å². The van der Waals surface area contributed by atoms with Gasteiger partial charge in [0.25, 0.3) is 0 Å². The molecule has 0 amide bonds. The predicted molar refractivity (Wildman–Crippen MR) is 159 cm³/mol. The van der Waals surface area contributed by atoms with E-state index in [-0.39, 0.29) is 17.7 Å². The number of carboxylic acids is 2. The van der Waals surface area contributed by atoms with Crippen LogP contribution >= 0.6 is 0 Å². The molecule has 0 radical (unpaired) electrons. The highest BCUT2D eigenvalue weighted by atomic mass is 32.2. The molecule has 48 heavy (non-hydrogen) atoms. The first-order valence-corrected chi connectivity index (χ1v) is 15.3. The predicted octanol–water partition coefficient (Wildman–Crippen LogP) is 5.13. The van der Waals surface area contributed by atoms with Gasteiger partial charge in [-0.15, -0.1) is 0 Å². The zero-order chi connectivity index (χ0) is 36.2. The van der Waals surface area contributed by atoms with Crippen LogP contribution in [0.3, 0.4) is 0 Å². The smallest absolute Gasteiger partial charge is 0.475 e. The minimum Gasteiger partial charge on any atom is -0.475 e. The first-order chi connectivity index (χ1) is 22.1. The molecule has 1 fully saturated rings. The summed E-state index contributed by atoms with van der Waals surface area (Å²) in [4.78, 5) is 30.5. The van der Waals surface area contributed by atoms with Crippen molar-refractivity contribution in [3.05, 3.63) is 54.1 Å². The number of rotatable bonds is 5. The minimum atomic E-state index is -5.08. The Kier molecular flexibility index (Phi) is 11.5. The highest BCUT2D eigenvalue weighted by Crippen LogP contribution is 2.36. The largest absolute Gasteiger partial charge is 0.490 e. The fourth-order valence-corrected chi connectivity index (χ4v) is 5.56. The maximum Gasteiger partial charge on any atom is 0.490 e. The normalized spacial score (nSPS) is 14.2. The van der Waals surface area contributed by atoms with Gasteiger partial charge in [-0.1, -0.05) is 6.07 Å². The van der Waals surface area contributed by atoms with Crippen LogP contribution in [0.5, 0.6) is 0 Å². The van der Waals surface area contributed by atoms with Gasteiger partial charge in [0.2, 0.25) is 16.0 Å². The van der Waals surface area contributed by atoms with E-state index in [1.165, 1.54) is 12.1 Å². The molecule has 1 saturated heterocycles. The van der Waals surface area contributed by atoms with Gasteiger partial charge in [-0.25, -0.2) is 36.3 Å². The van der Waals surface area contributed by atoms with Crippen LogP contribution in [-0.4, -0.2) is 80.2 Å². The second-order valence-electron chi connectivity index (χ2n) is 10.5. The lowest BCUT2D eigenvalue weighted by Gasteiger charge is -2.20. The number of aliphatic carboxylic acids is 2. The molecule has 1 aliphatic heterocycles. The summed E-state index contributed by atoms with van der Waals surface area (Å²) in [5, 5.41) is 17.0. The van der Waals surface area contributed by atoms with Crippen LogP contribution in [0.4, 0.5) is 36.7 Å². The van der Waals surface area contributed by atoms with Crippen LogP contribution in [0.15, 0.2) is 42.5 Å². The fourth-order valence-electron chi connectivity index (χ4n) is 4.41. The number of halogens is 7. The molecule has 0 atom stereocenters. The molecule has 2 aromatic carbocycles. The van der Waals surface area contributed by atoms with Crippen molar-refractivity contribution < 1.29 is 59.0 Å². The number of aromatic nitrogens is 4. The Morgan fingerprint density at radius 2 is 1.42 bits per heavy atom. The first kappa shape index (κ1) is 37.7. The monoisotopic (exact) mass is 710 g/mol. The van der Waals surface area contributed by atoms with Crippen LogP contribution < -0.4 is 11.1 Å². The Hall–Kier alpha value is -4.72. The maximum atomic E-state index is 13.6. The van der Waals surface area contributed by atoms with Gasteiger partial charge in [-0.3, -0.25) is 0 Å². The van der Waals surface area contributed by atoms with Gasteiger partial charge in [0.1, 0.15) is 11.6 Å². The standard InChI is InChI=1S/C24H27FN6O2S.2C2HF3O2/c1-14(2)34(32,33)31-20-13-17(5-8-19(20)28-24(31)26)22-21(15-3-6-18(25)7-4-15)29-23(30-22)16-9-11-27-12-10-16;2*3-2(4,5)1(6)7/h3-8,13-14,16,27H,9-12H2,1-2H3,(H2,26,28)(H,29,30);2*(H,6,7). The number of nitrogens with one attached hydrogen (secondary N) is 2. The summed E-state index contributed by atoms with van der Waals surface area (Å²) in [6.07, 6.45) is -8.24. The number of aromatic amines is 1. The number of hydrogen-bond acceptors (Lipinski definition) is 8. The number of anilines is 1. The topological polar surface area (TPSA) is 193 Å². The summed E-state index contributed by atoms with van der Waals surface area (Å²) in [7, 11) is -3.72. The number of nitrogens with two attached hydrogens (primary N) is 1. The highest BCUT2D eigenvalue weighted by Gasteiger charge is 2.39. The molecule has 3 heterocycles. The molecule has 1 aliphatic rings. The van der Waals surface area contributed by atoms with Crippen molar-refractivity contribution in [1.29, 1.82) is 0 Å². The van der Waals surface area contributed by atoms with Crippen LogP contribution in [0.25, 0.3) is 33.5 Å². The van der Waals surface area contributed by atoms with Crippen molar-refractivity contribution in [2.45, 2.75) is 50.2 Å². The average molecular weight is 711 g/mol. The lowest BCUT2D eigenvalue weighted by atomic mass is 9.98. The van der Waals surface area contributed by atoms with Crippen molar-refractivity contribution in [2.24, 2.45) is 0 Å². The van der Waals surface area contributed by atoms with Crippen molar-refractivity contribution in [3.8, 4) is 22.5 Å². The Balaban J connectivity index is 0.000000376. The molecule has 0 aliphatic carbocycles. The van der Waals surface area contributed by atoms with Gasteiger partial charge in [-0.2, -0.15) is 26.3 Å². The molecule has 2 aromatic heterocycles. The molecule has 0 spiro atoms. The Morgan fingerprint density at radius 1 is 0.917 bits per heavy atom. The quantitative estimate of drug-likeness (QED) is 0.173. The summed E-state index contributed by atoms with van der Waals surface area (Å²) < 4.78 is 104. The molecule has 4 aromatic rings. The van der Waals surface area contributed by atoms with E-state index in [1.807, 2.05) is 6.07 Å². The fraction of sp³-hybridized carbons (Fsp3) is 0.357. The third kappa shape index (κ3) is 9.00. The Morgan fingerprint density at radius 3 is 1.90 bits per heavy atom. The van der Waals surface area contributed by atoms with Gasteiger partial charge in [0, 0.05) is 17.0 Å². The first-order valence-electron chi connectivity index (χ1n) is 13.8. The number of hydrogen-bond donors (Lipinski definition) is 5.